The van der Waals surface area contributed by atoms with E-state index in [0.29, 0.717) is 12.1 Å². The normalized spacial score (nSPS) is 18.8. The molecule has 0 aromatic rings. The molecular formula is C11H13Cl2NO3. The molecule has 0 saturated carbocycles. The monoisotopic (exact) mass is 277 g/mol. The van der Waals surface area contributed by atoms with Crippen LogP contribution in [0.3, 0.4) is 0 Å². The topological polar surface area (TPSA) is 46.6 Å². The third-order valence-electron chi connectivity index (χ3n) is 2.39. The molecule has 0 fully saturated rings. The average Bonchev–Trinajstić information content (AvgIpc) is 2.78. The molecule has 1 amide bonds. The predicted molar refractivity (Wildman–Crippen MR) is 66.6 cm³/mol. The van der Waals surface area contributed by atoms with Gasteiger partial charge in [0.2, 0.25) is 0 Å². The van der Waals surface area contributed by atoms with Gasteiger partial charge in [-0.1, -0.05) is 18.7 Å². The Morgan fingerprint density at radius 2 is 2.29 bits per heavy atom. The molecule has 1 rings (SSSR count). The van der Waals surface area contributed by atoms with Crippen LogP contribution in [0.25, 0.3) is 0 Å². The molecule has 94 valence electrons. The zero-order chi connectivity index (χ0) is 12.8. The average molecular weight is 278 g/mol. The van der Waals surface area contributed by atoms with Crippen molar-refractivity contribution < 1.29 is 14.3 Å². The fraction of sp³-hybridized carbons (Fsp3) is 0.455. The number of Topliss-reactive ketones (excluding diaryl/α,β-unsaturated/α-hetero) is 1. The fourth-order valence-electron chi connectivity index (χ4n) is 1.59. The molecule has 0 saturated heterocycles. The first-order chi connectivity index (χ1) is 8.15. The largest absolute Gasteiger partial charge is 0.445 e. The van der Waals surface area contributed by atoms with Crippen LogP contribution in [-0.4, -0.2) is 47.7 Å². The van der Waals surface area contributed by atoms with E-state index in [1.807, 2.05) is 0 Å². The number of carbonyl (C=O) groups excluding carboxylic acids is 2. The van der Waals surface area contributed by atoms with E-state index in [4.69, 9.17) is 27.9 Å². The van der Waals surface area contributed by atoms with Gasteiger partial charge in [0.25, 0.3) is 0 Å². The van der Waals surface area contributed by atoms with Gasteiger partial charge in [0.1, 0.15) is 6.61 Å². The third-order valence-corrected chi connectivity index (χ3v) is 2.93. The summed E-state index contributed by atoms with van der Waals surface area (Å²) in [5, 5.41) is 0. The molecular weight excluding hydrogens is 265 g/mol. The Morgan fingerprint density at radius 3 is 2.82 bits per heavy atom. The van der Waals surface area contributed by atoms with E-state index in [-0.39, 0.29) is 24.2 Å². The van der Waals surface area contributed by atoms with Gasteiger partial charge in [-0.05, 0) is 0 Å². The predicted octanol–water partition coefficient (Wildman–Crippen LogP) is 1.97. The Labute approximate surface area is 110 Å². The van der Waals surface area contributed by atoms with Gasteiger partial charge in [0.05, 0.1) is 11.9 Å². The summed E-state index contributed by atoms with van der Waals surface area (Å²) in [6.07, 6.45) is 2.62. The van der Waals surface area contributed by atoms with Gasteiger partial charge in [0, 0.05) is 18.0 Å². The van der Waals surface area contributed by atoms with Crippen LogP contribution in [0, 0.1) is 0 Å². The van der Waals surface area contributed by atoms with Crippen molar-refractivity contribution in [2.75, 3.05) is 24.9 Å². The van der Waals surface area contributed by atoms with Crippen LogP contribution in [0.15, 0.2) is 24.3 Å². The highest BCUT2D eigenvalue weighted by atomic mass is 35.5. The number of ketones is 1. The van der Waals surface area contributed by atoms with Gasteiger partial charge in [-0.15, -0.1) is 23.2 Å². The molecule has 0 bridgehead atoms. The lowest BCUT2D eigenvalue weighted by atomic mass is 10.1. The Morgan fingerprint density at radius 1 is 1.59 bits per heavy atom. The van der Waals surface area contributed by atoms with E-state index in [0.717, 1.165) is 0 Å². The van der Waals surface area contributed by atoms with Crippen molar-refractivity contribution in [1.82, 2.24) is 4.90 Å². The fourth-order valence-corrected chi connectivity index (χ4v) is 2.07. The van der Waals surface area contributed by atoms with Crippen LogP contribution in [0.4, 0.5) is 4.79 Å². The van der Waals surface area contributed by atoms with Crippen LogP contribution in [0.2, 0.25) is 0 Å². The van der Waals surface area contributed by atoms with E-state index in [9.17, 15) is 9.59 Å². The summed E-state index contributed by atoms with van der Waals surface area (Å²) in [4.78, 5) is 24.6. The number of alkyl halides is 2. The second-order valence-corrected chi connectivity index (χ2v) is 3.98. The lowest BCUT2D eigenvalue weighted by Crippen LogP contribution is -2.40. The quantitative estimate of drug-likeness (QED) is 0.570. The molecule has 17 heavy (non-hydrogen) atoms. The number of amides is 1. The first kappa shape index (κ1) is 14.1. The first-order valence-corrected chi connectivity index (χ1v) is 6.12. The van der Waals surface area contributed by atoms with E-state index < -0.39 is 12.1 Å². The van der Waals surface area contributed by atoms with E-state index >= 15 is 0 Å². The maximum absolute atomic E-state index is 11.6. The summed E-state index contributed by atoms with van der Waals surface area (Å²) in [5.41, 5.74) is 0.477. The Balaban J connectivity index is 2.70. The summed E-state index contributed by atoms with van der Waals surface area (Å²) in [5.74, 6) is -0.191. The van der Waals surface area contributed by atoms with Gasteiger partial charge in [-0.25, -0.2) is 4.79 Å². The Hall–Kier alpha value is -1.000. The van der Waals surface area contributed by atoms with Crippen LogP contribution in [0.5, 0.6) is 0 Å². The number of rotatable bonds is 5. The van der Waals surface area contributed by atoms with Gasteiger partial charge in [-0.2, -0.15) is 0 Å². The van der Waals surface area contributed by atoms with Crippen molar-refractivity contribution in [2.45, 2.75) is 6.04 Å². The standard InChI is InChI=1S/C11H13Cl2NO3/c1-2-5-17-11(16)14-4-3-8(9(14)6-12)10(15)7-13/h2-3,9H,1,4-7H2. The lowest BCUT2D eigenvalue weighted by molar-refractivity contribution is -0.113. The summed E-state index contributed by atoms with van der Waals surface area (Å²) in [6, 6.07) is -0.458. The highest BCUT2D eigenvalue weighted by Crippen LogP contribution is 2.22. The second kappa shape index (κ2) is 6.67. The van der Waals surface area contributed by atoms with Gasteiger partial charge >= 0.3 is 6.09 Å². The number of hydrogen-bond donors (Lipinski definition) is 0. The lowest BCUT2D eigenvalue weighted by Gasteiger charge is -2.23. The molecule has 0 aromatic carbocycles. The highest BCUT2D eigenvalue weighted by Gasteiger charge is 2.34. The van der Waals surface area contributed by atoms with E-state index in [1.54, 1.807) is 6.08 Å². The minimum Gasteiger partial charge on any atom is -0.445 e. The van der Waals surface area contributed by atoms with Crippen LogP contribution in [-0.2, 0) is 9.53 Å². The molecule has 0 radical (unpaired) electrons. The molecule has 0 aromatic heterocycles. The van der Waals surface area contributed by atoms with Gasteiger partial charge < -0.3 is 4.74 Å². The van der Waals surface area contributed by atoms with Crippen LogP contribution < -0.4 is 0 Å². The smallest absolute Gasteiger partial charge is 0.410 e. The van der Waals surface area contributed by atoms with Crippen molar-refractivity contribution in [1.29, 1.82) is 0 Å². The molecule has 0 N–H and O–H groups in total. The number of carbonyl (C=O) groups is 2. The van der Waals surface area contributed by atoms with E-state index in [2.05, 4.69) is 6.58 Å². The zero-order valence-electron chi connectivity index (χ0n) is 9.20. The molecule has 1 heterocycles. The van der Waals surface area contributed by atoms with Crippen molar-refractivity contribution in [3.63, 3.8) is 0 Å². The molecule has 1 unspecified atom stereocenters. The molecule has 1 atom stereocenters. The minimum atomic E-state index is -0.510. The number of ether oxygens (including phenoxy) is 1. The molecule has 1 aliphatic rings. The number of nitrogens with zero attached hydrogens (tertiary/aromatic N) is 1. The summed E-state index contributed by atoms with van der Waals surface area (Å²) >= 11 is 11.3. The molecule has 0 aliphatic carbocycles. The number of hydrogen-bond acceptors (Lipinski definition) is 3. The maximum atomic E-state index is 11.6. The molecule has 0 spiro atoms. The van der Waals surface area contributed by atoms with Crippen LogP contribution in [0.1, 0.15) is 0 Å². The second-order valence-electron chi connectivity index (χ2n) is 3.40. The Kier molecular flexibility index (Phi) is 5.51. The Bertz CT molecular complexity index is 355. The summed E-state index contributed by atoms with van der Waals surface area (Å²) < 4.78 is 4.90. The maximum Gasteiger partial charge on any atom is 0.410 e. The van der Waals surface area contributed by atoms with Gasteiger partial charge in [0.15, 0.2) is 5.78 Å². The molecule has 6 heteroatoms. The van der Waals surface area contributed by atoms with Crippen molar-refractivity contribution in [3.8, 4) is 0 Å². The first-order valence-electron chi connectivity index (χ1n) is 5.05. The van der Waals surface area contributed by atoms with Crippen LogP contribution >= 0.6 is 23.2 Å². The number of halogens is 2. The van der Waals surface area contributed by atoms with Crippen molar-refractivity contribution >= 4 is 35.1 Å². The SMILES string of the molecule is C=CCOC(=O)N1CC=C(C(=O)CCl)C1CCl. The van der Waals surface area contributed by atoms with Crippen molar-refractivity contribution in [2.24, 2.45) is 0 Å². The molecule has 1 aliphatic heterocycles. The van der Waals surface area contributed by atoms with E-state index in [1.165, 1.54) is 11.0 Å². The summed E-state index contributed by atoms with van der Waals surface area (Å²) in [7, 11) is 0. The van der Waals surface area contributed by atoms with Crippen molar-refractivity contribution in [3.05, 3.63) is 24.3 Å². The highest BCUT2D eigenvalue weighted by molar-refractivity contribution is 6.31. The third kappa shape index (κ3) is 3.23. The zero-order valence-corrected chi connectivity index (χ0v) is 10.7. The minimum absolute atomic E-state index is 0.116. The van der Waals surface area contributed by atoms with Gasteiger partial charge in [-0.3, -0.25) is 9.69 Å². The molecule has 4 nitrogen and oxygen atoms in total. The summed E-state index contributed by atoms with van der Waals surface area (Å²) in [6.45, 7) is 3.89.